The van der Waals surface area contributed by atoms with Gasteiger partial charge in [0.1, 0.15) is 0 Å². The molecular weight excluding hydrogens is 230 g/mol. The molecule has 0 rings (SSSR count). The van der Waals surface area contributed by atoms with Crippen molar-refractivity contribution in [3.05, 3.63) is 12.2 Å². The number of amides is 1. The van der Waals surface area contributed by atoms with Gasteiger partial charge in [-0.1, -0.05) is 31.8 Å². The lowest BCUT2D eigenvalue weighted by Gasteiger charge is -2.22. The first-order valence-electron chi connectivity index (χ1n) is 6.58. The zero-order valence-corrected chi connectivity index (χ0v) is 14.0. The summed E-state index contributed by atoms with van der Waals surface area (Å²) in [7, 11) is 0.300. The highest BCUT2D eigenvalue weighted by molar-refractivity contribution is 6.33. The molecule has 4 heteroatoms. The first-order chi connectivity index (χ1) is 7.63. The summed E-state index contributed by atoms with van der Waals surface area (Å²) in [6.07, 6.45) is 2.37. The van der Waals surface area contributed by atoms with E-state index in [2.05, 4.69) is 19.7 Å². The fourth-order valence-corrected chi connectivity index (χ4v) is 3.14. The summed E-state index contributed by atoms with van der Waals surface area (Å²) < 4.78 is 0. The third-order valence-corrected chi connectivity index (χ3v) is 5.13. The van der Waals surface area contributed by atoms with Gasteiger partial charge in [0.25, 0.3) is 0 Å². The van der Waals surface area contributed by atoms with Gasteiger partial charge in [-0.15, -0.1) is 0 Å². The monoisotopic (exact) mass is 257 g/mol. The SMILES string of the molecule is C=C(C)C(=O)N(CCC[SiH2]C)CCC[SiH2]C. The van der Waals surface area contributed by atoms with E-state index in [9.17, 15) is 4.79 Å². The Bertz CT molecular complexity index is 209. The topological polar surface area (TPSA) is 20.3 Å². The van der Waals surface area contributed by atoms with E-state index in [1.165, 1.54) is 24.9 Å². The number of hydrogen-bond donors (Lipinski definition) is 0. The van der Waals surface area contributed by atoms with Gasteiger partial charge in [0, 0.05) is 37.7 Å². The minimum absolute atomic E-state index is 0.150. The van der Waals surface area contributed by atoms with E-state index in [0.717, 1.165) is 13.1 Å². The van der Waals surface area contributed by atoms with E-state index in [-0.39, 0.29) is 24.9 Å². The van der Waals surface area contributed by atoms with Crippen LogP contribution >= 0.6 is 0 Å². The van der Waals surface area contributed by atoms with Crippen molar-refractivity contribution in [3.8, 4) is 0 Å². The Morgan fingerprint density at radius 3 is 1.88 bits per heavy atom. The molecule has 0 aliphatic heterocycles. The van der Waals surface area contributed by atoms with Crippen molar-refractivity contribution in [1.29, 1.82) is 0 Å². The van der Waals surface area contributed by atoms with Crippen LogP contribution in [0.3, 0.4) is 0 Å². The zero-order valence-electron chi connectivity index (χ0n) is 11.2. The van der Waals surface area contributed by atoms with Crippen molar-refractivity contribution in [2.45, 2.75) is 44.9 Å². The van der Waals surface area contributed by atoms with Gasteiger partial charge < -0.3 is 4.90 Å². The van der Waals surface area contributed by atoms with Crippen LogP contribution < -0.4 is 0 Å². The Morgan fingerprint density at radius 2 is 1.56 bits per heavy atom. The maximum Gasteiger partial charge on any atom is 0.248 e. The van der Waals surface area contributed by atoms with Crippen LogP contribution in [0.5, 0.6) is 0 Å². The van der Waals surface area contributed by atoms with Crippen LogP contribution in [0.2, 0.25) is 25.2 Å². The number of rotatable bonds is 9. The Balaban J connectivity index is 4.05. The van der Waals surface area contributed by atoms with E-state index in [1.54, 1.807) is 0 Å². The molecule has 94 valence electrons. The van der Waals surface area contributed by atoms with Crippen LogP contribution in [0, 0.1) is 0 Å². The summed E-state index contributed by atoms with van der Waals surface area (Å²) in [4.78, 5) is 13.9. The number of carbonyl (C=O) groups is 1. The molecule has 0 bridgehead atoms. The molecule has 16 heavy (non-hydrogen) atoms. The number of carbonyl (C=O) groups excluding carboxylic acids is 1. The molecule has 2 nitrogen and oxygen atoms in total. The molecule has 0 heterocycles. The predicted molar refractivity (Wildman–Crippen MR) is 79.1 cm³/mol. The largest absolute Gasteiger partial charge is 0.339 e. The van der Waals surface area contributed by atoms with Crippen LogP contribution in [0.4, 0.5) is 0 Å². The Hall–Kier alpha value is -0.356. The number of nitrogens with zero attached hydrogens (tertiary/aromatic N) is 1. The van der Waals surface area contributed by atoms with E-state index >= 15 is 0 Å². The molecule has 0 atom stereocenters. The van der Waals surface area contributed by atoms with Crippen molar-refractivity contribution < 1.29 is 4.79 Å². The summed E-state index contributed by atoms with van der Waals surface area (Å²) in [5.41, 5.74) is 0.683. The quantitative estimate of drug-likeness (QED) is 0.348. The second-order valence-electron chi connectivity index (χ2n) is 4.49. The summed E-state index contributed by atoms with van der Waals surface area (Å²) in [6.45, 7) is 12.1. The smallest absolute Gasteiger partial charge is 0.248 e. The number of hydrogen-bond acceptors (Lipinski definition) is 1. The van der Waals surface area contributed by atoms with Gasteiger partial charge in [-0.05, 0) is 19.8 Å². The van der Waals surface area contributed by atoms with Gasteiger partial charge in [-0.2, -0.15) is 0 Å². The van der Waals surface area contributed by atoms with E-state index in [4.69, 9.17) is 0 Å². The Labute approximate surface area is 105 Å². The Morgan fingerprint density at radius 1 is 1.12 bits per heavy atom. The third-order valence-electron chi connectivity index (χ3n) is 2.72. The normalized spacial score (nSPS) is 11.7. The molecule has 1 amide bonds. The minimum atomic E-state index is 0.150. The zero-order chi connectivity index (χ0) is 12.4. The summed E-state index contributed by atoms with van der Waals surface area (Å²) in [5.74, 6) is 0.163. The van der Waals surface area contributed by atoms with E-state index < -0.39 is 0 Å². The van der Waals surface area contributed by atoms with Crippen molar-refractivity contribution in [2.24, 2.45) is 0 Å². The highest BCUT2D eigenvalue weighted by atomic mass is 28.2. The maximum atomic E-state index is 11.9. The molecule has 0 aromatic heterocycles. The second kappa shape index (κ2) is 9.84. The average Bonchev–Trinajstić information content (AvgIpc) is 2.26. The molecule has 0 N–H and O–H groups in total. The van der Waals surface area contributed by atoms with Gasteiger partial charge in [0.15, 0.2) is 0 Å². The van der Waals surface area contributed by atoms with Crippen LogP contribution in [0.25, 0.3) is 0 Å². The van der Waals surface area contributed by atoms with E-state index in [0.29, 0.717) is 5.57 Å². The molecule has 0 saturated heterocycles. The highest BCUT2D eigenvalue weighted by Crippen LogP contribution is 2.04. The molecular formula is C12H27NOSi2. The van der Waals surface area contributed by atoms with Gasteiger partial charge in [-0.25, -0.2) is 0 Å². The lowest BCUT2D eigenvalue weighted by Crippen LogP contribution is -2.33. The lowest BCUT2D eigenvalue weighted by atomic mass is 10.2. The molecule has 0 aliphatic rings. The first kappa shape index (κ1) is 15.6. The second-order valence-corrected chi connectivity index (χ2v) is 7.90. The third kappa shape index (κ3) is 7.01. The van der Waals surface area contributed by atoms with Gasteiger partial charge in [-0.3, -0.25) is 4.79 Å². The maximum absolute atomic E-state index is 11.9. The predicted octanol–water partition coefficient (Wildman–Crippen LogP) is 1.44. The fourth-order valence-electron chi connectivity index (χ4n) is 1.69. The van der Waals surface area contributed by atoms with Gasteiger partial charge >= 0.3 is 0 Å². The van der Waals surface area contributed by atoms with Crippen LogP contribution in [-0.2, 0) is 4.79 Å². The van der Waals surface area contributed by atoms with E-state index in [1.807, 2.05) is 11.8 Å². The molecule has 0 fully saturated rings. The molecule has 0 radical (unpaired) electrons. The Kier molecular flexibility index (Phi) is 9.62. The highest BCUT2D eigenvalue weighted by Gasteiger charge is 2.12. The van der Waals surface area contributed by atoms with Gasteiger partial charge in [0.05, 0.1) is 0 Å². The molecule has 0 spiro atoms. The van der Waals surface area contributed by atoms with Crippen LogP contribution in [0.15, 0.2) is 12.2 Å². The summed E-state index contributed by atoms with van der Waals surface area (Å²) in [5, 5.41) is 0. The summed E-state index contributed by atoms with van der Waals surface area (Å²) >= 11 is 0. The van der Waals surface area contributed by atoms with Crippen molar-refractivity contribution in [1.82, 2.24) is 4.90 Å². The molecule has 0 aliphatic carbocycles. The van der Waals surface area contributed by atoms with Crippen molar-refractivity contribution in [2.75, 3.05) is 13.1 Å². The first-order valence-corrected chi connectivity index (χ1v) is 11.4. The standard InChI is InChI=1S/C12H27NOSi2/c1-11(2)12(14)13(7-5-9-15-3)8-6-10-16-4/h1,5-10,15-16H2,2-4H3. The van der Waals surface area contributed by atoms with Gasteiger partial charge in [0.2, 0.25) is 5.91 Å². The molecule has 0 aromatic carbocycles. The minimum Gasteiger partial charge on any atom is -0.339 e. The molecule has 0 unspecified atom stereocenters. The van der Waals surface area contributed by atoms with Crippen molar-refractivity contribution >= 4 is 24.9 Å². The van der Waals surface area contributed by atoms with Crippen LogP contribution in [0.1, 0.15) is 19.8 Å². The van der Waals surface area contributed by atoms with Crippen molar-refractivity contribution in [3.63, 3.8) is 0 Å². The lowest BCUT2D eigenvalue weighted by molar-refractivity contribution is -0.127. The van der Waals surface area contributed by atoms with Crippen LogP contribution in [-0.4, -0.2) is 42.9 Å². The average molecular weight is 258 g/mol. The molecule has 0 saturated carbocycles. The summed E-state index contributed by atoms with van der Waals surface area (Å²) in [6, 6.07) is 2.70. The fraction of sp³-hybridized carbons (Fsp3) is 0.750. The molecule has 0 aromatic rings.